The average molecular weight is 340 g/mol. The van der Waals surface area contributed by atoms with E-state index in [9.17, 15) is 29.8 Å². The molecule has 1 aromatic carbocycles. The molecule has 23 heavy (non-hydrogen) atoms. The molecule has 1 amide bonds. The average Bonchev–Trinajstić information content (AvgIpc) is 2.46. The normalized spacial score (nSPS) is 9.70. The Morgan fingerprint density at radius 2 is 1.78 bits per heavy atom. The molecule has 1 rings (SSSR count). The topological polar surface area (TPSA) is 176 Å². The van der Waals surface area contributed by atoms with E-state index in [1.54, 1.807) is 0 Å². The molecule has 0 spiro atoms. The third kappa shape index (κ3) is 4.64. The number of nitriles is 1. The van der Waals surface area contributed by atoms with Crippen molar-refractivity contribution in [3.63, 3.8) is 0 Å². The van der Waals surface area contributed by atoms with Gasteiger partial charge in [0.25, 0.3) is 17.3 Å². The summed E-state index contributed by atoms with van der Waals surface area (Å²) in [5.41, 5.74) is -1.89. The van der Waals surface area contributed by atoms with E-state index in [-0.39, 0.29) is 30.3 Å². The van der Waals surface area contributed by atoms with Gasteiger partial charge >= 0.3 is 5.97 Å². The molecule has 0 saturated heterocycles. The lowest BCUT2D eigenvalue weighted by Crippen LogP contribution is -2.26. The van der Waals surface area contributed by atoms with Crippen LogP contribution in [0.4, 0.5) is 11.4 Å². The van der Waals surface area contributed by atoms with Gasteiger partial charge in [0.2, 0.25) is 0 Å². The van der Waals surface area contributed by atoms with Gasteiger partial charge in [-0.05, 0) is 0 Å². The number of thiocyanates is 1. The number of carboxylic acids is 1. The van der Waals surface area contributed by atoms with E-state index < -0.39 is 38.0 Å². The van der Waals surface area contributed by atoms with E-state index in [1.165, 1.54) is 5.40 Å². The second kappa shape index (κ2) is 7.71. The third-order valence-electron chi connectivity index (χ3n) is 2.48. The van der Waals surface area contributed by atoms with Crippen molar-refractivity contribution in [1.29, 1.82) is 5.26 Å². The van der Waals surface area contributed by atoms with E-state index in [4.69, 9.17) is 10.4 Å². The van der Waals surface area contributed by atoms with Crippen LogP contribution in [0.25, 0.3) is 0 Å². The molecule has 0 aliphatic rings. The van der Waals surface area contributed by atoms with Crippen molar-refractivity contribution in [3.05, 3.63) is 37.9 Å². The highest BCUT2D eigenvalue weighted by Crippen LogP contribution is 2.38. The fraction of sp³-hybridized carbons (Fsp3) is 0.182. The van der Waals surface area contributed by atoms with Crippen LogP contribution < -0.4 is 5.32 Å². The first kappa shape index (κ1) is 17.9. The van der Waals surface area contributed by atoms with Gasteiger partial charge in [0.15, 0.2) is 4.90 Å². The molecule has 0 aliphatic heterocycles. The summed E-state index contributed by atoms with van der Waals surface area (Å²) in [6.07, 6.45) is -0.377. The molecule has 11 nitrogen and oxygen atoms in total. The first-order valence-electron chi connectivity index (χ1n) is 5.80. The number of amides is 1. The SMILES string of the molecule is N#CSc1c([N+](=O)[O-])cc(C(=O)NCCC(=O)O)cc1[N+](=O)[O-]. The van der Waals surface area contributed by atoms with Crippen LogP contribution in [0.15, 0.2) is 17.0 Å². The molecular formula is C11H8N4O7S. The Morgan fingerprint density at radius 1 is 1.26 bits per heavy atom. The highest BCUT2D eigenvalue weighted by atomic mass is 32.2. The van der Waals surface area contributed by atoms with Gasteiger partial charge in [0.05, 0.1) is 21.8 Å². The van der Waals surface area contributed by atoms with Crippen LogP contribution in [0, 0.1) is 30.9 Å². The Bertz CT molecular complexity index is 693. The Labute approximate surface area is 132 Å². The summed E-state index contributed by atoms with van der Waals surface area (Å²) < 4.78 is 0. The maximum Gasteiger partial charge on any atom is 0.305 e. The number of nitro groups is 2. The molecule has 120 valence electrons. The summed E-state index contributed by atoms with van der Waals surface area (Å²) in [5.74, 6) is -2.06. The molecule has 0 saturated carbocycles. The zero-order valence-corrected chi connectivity index (χ0v) is 12.0. The highest BCUT2D eigenvalue weighted by Gasteiger charge is 2.29. The van der Waals surface area contributed by atoms with E-state index in [1.807, 2.05) is 0 Å². The van der Waals surface area contributed by atoms with Gasteiger partial charge in [-0.25, -0.2) is 0 Å². The summed E-state index contributed by atoms with van der Waals surface area (Å²) in [7, 11) is 0. The minimum atomic E-state index is -1.16. The number of rotatable bonds is 7. The Hall–Kier alpha value is -3.20. The third-order valence-corrected chi connectivity index (χ3v) is 3.19. The van der Waals surface area contributed by atoms with Crippen molar-refractivity contribution in [2.45, 2.75) is 11.3 Å². The second-order valence-corrected chi connectivity index (χ2v) is 4.75. The molecule has 0 radical (unpaired) electrons. The van der Waals surface area contributed by atoms with Gasteiger partial charge in [-0.2, -0.15) is 5.26 Å². The number of carbonyl (C=O) groups is 2. The highest BCUT2D eigenvalue weighted by molar-refractivity contribution is 8.04. The number of nitrogens with zero attached hydrogens (tertiary/aromatic N) is 3. The van der Waals surface area contributed by atoms with Crippen LogP contribution in [-0.2, 0) is 4.79 Å². The van der Waals surface area contributed by atoms with Gasteiger partial charge in [-0.1, -0.05) is 0 Å². The molecule has 12 heteroatoms. The maximum atomic E-state index is 11.8. The fourth-order valence-corrected chi connectivity index (χ4v) is 2.10. The quantitative estimate of drug-likeness (QED) is 0.320. The van der Waals surface area contributed by atoms with Crippen molar-refractivity contribution in [3.8, 4) is 5.40 Å². The lowest BCUT2D eigenvalue weighted by Gasteiger charge is -2.06. The fourth-order valence-electron chi connectivity index (χ4n) is 1.54. The number of nitro benzene ring substituents is 2. The van der Waals surface area contributed by atoms with Gasteiger partial charge in [0, 0.05) is 30.4 Å². The smallest absolute Gasteiger partial charge is 0.305 e. The molecule has 2 N–H and O–H groups in total. The zero-order chi connectivity index (χ0) is 17.6. The molecule has 0 bridgehead atoms. The predicted octanol–water partition coefficient (Wildman–Crippen LogP) is 1.28. The van der Waals surface area contributed by atoms with Crippen LogP contribution in [-0.4, -0.2) is 33.4 Å². The number of carboxylic acid groups (broad SMARTS) is 1. The summed E-state index contributed by atoms with van der Waals surface area (Å²) in [5, 5.41) is 42.8. The first-order valence-corrected chi connectivity index (χ1v) is 6.62. The van der Waals surface area contributed by atoms with Crippen LogP contribution in [0.2, 0.25) is 0 Å². The lowest BCUT2D eigenvalue weighted by molar-refractivity contribution is -0.399. The number of carbonyl (C=O) groups excluding carboxylic acids is 1. The molecule has 0 aromatic heterocycles. The maximum absolute atomic E-state index is 11.8. The number of benzene rings is 1. The van der Waals surface area contributed by atoms with Crippen LogP contribution in [0.1, 0.15) is 16.8 Å². The molecule has 0 fully saturated rings. The van der Waals surface area contributed by atoms with Gasteiger partial charge in [-0.15, -0.1) is 0 Å². The predicted molar refractivity (Wildman–Crippen MR) is 75.8 cm³/mol. The van der Waals surface area contributed by atoms with Gasteiger partial charge in [-0.3, -0.25) is 29.8 Å². The minimum Gasteiger partial charge on any atom is -0.481 e. The monoisotopic (exact) mass is 340 g/mol. The van der Waals surface area contributed by atoms with Gasteiger partial charge in [0.1, 0.15) is 5.40 Å². The summed E-state index contributed by atoms with van der Waals surface area (Å²) >= 11 is 0.240. The molecule has 0 heterocycles. The van der Waals surface area contributed by atoms with Crippen LogP contribution in [0.5, 0.6) is 0 Å². The largest absolute Gasteiger partial charge is 0.481 e. The Kier molecular flexibility index (Phi) is 5.98. The van der Waals surface area contributed by atoms with E-state index >= 15 is 0 Å². The zero-order valence-electron chi connectivity index (χ0n) is 11.2. The van der Waals surface area contributed by atoms with Crippen LogP contribution in [0.3, 0.4) is 0 Å². The number of aliphatic carboxylic acids is 1. The van der Waals surface area contributed by atoms with Crippen molar-refractivity contribution >= 4 is 35.0 Å². The lowest BCUT2D eigenvalue weighted by atomic mass is 10.1. The number of thioether (sulfide) groups is 1. The van der Waals surface area contributed by atoms with E-state index in [0.29, 0.717) is 0 Å². The first-order chi connectivity index (χ1) is 10.8. The number of nitrogens with one attached hydrogen (secondary N) is 1. The number of hydrogen-bond donors (Lipinski definition) is 2. The second-order valence-electron chi connectivity index (χ2n) is 3.95. The van der Waals surface area contributed by atoms with Crippen molar-refractivity contribution in [1.82, 2.24) is 5.32 Å². The van der Waals surface area contributed by atoms with Crippen LogP contribution >= 0.6 is 11.8 Å². The molecular weight excluding hydrogens is 332 g/mol. The summed E-state index contributed by atoms with van der Waals surface area (Å²) in [4.78, 5) is 41.8. The summed E-state index contributed by atoms with van der Waals surface area (Å²) in [6.45, 7) is -0.246. The Balaban J connectivity index is 3.27. The van der Waals surface area contributed by atoms with E-state index in [2.05, 4.69) is 5.32 Å². The number of hydrogen-bond acceptors (Lipinski definition) is 8. The minimum absolute atomic E-state index is 0.240. The van der Waals surface area contributed by atoms with Crippen molar-refractivity contribution < 1.29 is 24.5 Å². The molecule has 0 atom stereocenters. The standard InChI is InChI=1S/C11H8N4O7S/c12-5-23-10-7(14(19)20)3-6(4-8(10)15(21)22)11(18)13-2-1-9(16)17/h3-4H,1-2H2,(H,13,18)(H,16,17). The van der Waals surface area contributed by atoms with Crippen molar-refractivity contribution in [2.24, 2.45) is 0 Å². The Morgan fingerprint density at radius 3 is 2.17 bits per heavy atom. The van der Waals surface area contributed by atoms with Gasteiger partial charge < -0.3 is 10.4 Å². The van der Waals surface area contributed by atoms with E-state index in [0.717, 1.165) is 12.1 Å². The molecule has 1 aromatic rings. The summed E-state index contributed by atoms with van der Waals surface area (Å²) in [6, 6.07) is 1.59. The van der Waals surface area contributed by atoms with Crippen molar-refractivity contribution in [2.75, 3.05) is 6.54 Å². The molecule has 0 unspecified atom stereocenters. The molecule has 0 aliphatic carbocycles.